The first-order valence-corrected chi connectivity index (χ1v) is 10.2. The third-order valence-corrected chi connectivity index (χ3v) is 5.87. The van der Waals surface area contributed by atoms with Crippen LogP contribution in [0.1, 0.15) is 16.7 Å². The minimum atomic E-state index is -3.58. The zero-order valence-electron chi connectivity index (χ0n) is 14.3. The van der Waals surface area contributed by atoms with Gasteiger partial charge in [0.2, 0.25) is 15.9 Å². The Morgan fingerprint density at radius 2 is 1.79 bits per heavy atom. The van der Waals surface area contributed by atoms with Gasteiger partial charge in [0.1, 0.15) is 6.04 Å². The molecule has 1 amide bonds. The second kappa shape index (κ2) is 7.36. The summed E-state index contributed by atoms with van der Waals surface area (Å²) in [5.41, 5.74) is 0.487. The molecule has 5 nitrogen and oxygen atoms in total. The maximum absolute atomic E-state index is 12.7. The van der Waals surface area contributed by atoms with E-state index in [2.05, 4.69) is 0 Å². The molecule has 1 aromatic carbocycles. The van der Waals surface area contributed by atoms with Gasteiger partial charge in [-0.25, -0.2) is 8.42 Å². The number of hydrogen-bond acceptors (Lipinski definition) is 4. The molecular weight excluding hydrogens is 344 g/mol. The number of sulfonamides is 1. The van der Waals surface area contributed by atoms with E-state index in [0.717, 1.165) is 11.1 Å². The van der Waals surface area contributed by atoms with Crippen molar-refractivity contribution in [1.82, 2.24) is 4.90 Å². The predicted octanol–water partition coefficient (Wildman–Crippen LogP) is 2.87. The summed E-state index contributed by atoms with van der Waals surface area (Å²) in [6.07, 6.45) is 1.12. The molecule has 0 saturated heterocycles. The van der Waals surface area contributed by atoms with Crippen LogP contribution in [0.4, 0.5) is 5.69 Å². The smallest absolute Gasteiger partial charge is 0.246 e. The lowest BCUT2D eigenvalue weighted by molar-refractivity contribution is -0.131. The molecule has 0 unspecified atom stereocenters. The number of aryl methyl sites for hydroxylation is 1. The highest BCUT2D eigenvalue weighted by Crippen LogP contribution is 2.22. The highest BCUT2D eigenvalue weighted by molar-refractivity contribution is 7.92. The monoisotopic (exact) mass is 366 g/mol. The zero-order chi connectivity index (χ0) is 17.9. The van der Waals surface area contributed by atoms with Crippen LogP contribution < -0.4 is 4.31 Å². The summed E-state index contributed by atoms with van der Waals surface area (Å²) in [6.45, 7) is 4.10. The van der Waals surface area contributed by atoms with Gasteiger partial charge in [-0.3, -0.25) is 9.10 Å². The van der Waals surface area contributed by atoms with Gasteiger partial charge in [0, 0.05) is 16.8 Å². The van der Waals surface area contributed by atoms with Crippen molar-refractivity contribution in [3.8, 4) is 0 Å². The number of carbonyl (C=O) groups excluding carboxylic acids is 1. The van der Waals surface area contributed by atoms with Gasteiger partial charge < -0.3 is 4.90 Å². The van der Waals surface area contributed by atoms with Crippen molar-refractivity contribution in [2.24, 2.45) is 0 Å². The van der Waals surface area contributed by atoms with Gasteiger partial charge in [0.25, 0.3) is 0 Å². The molecule has 0 aliphatic rings. The van der Waals surface area contributed by atoms with Crippen LogP contribution in [0.3, 0.4) is 0 Å². The van der Waals surface area contributed by atoms with Gasteiger partial charge in [0.15, 0.2) is 0 Å². The van der Waals surface area contributed by atoms with Crippen LogP contribution in [-0.2, 0) is 21.4 Å². The molecule has 0 bridgehead atoms. The molecule has 24 heavy (non-hydrogen) atoms. The molecular formula is C17H22N2O3S2. The average Bonchev–Trinajstić information content (AvgIpc) is 2.91. The maximum Gasteiger partial charge on any atom is 0.246 e. The lowest BCUT2D eigenvalue weighted by Gasteiger charge is -2.31. The van der Waals surface area contributed by atoms with E-state index in [0.29, 0.717) is 12.2 Å². The van der Waals surface area contributed by atoms with Crippen molar-refractivity contribution in [2.45, 2.75) is 26.4 Å². The number of carbonyl (C=O) groups is 1. The van der Waals surface area contributed by atoms with Crippen molar-refractivity contribution in [3.05, 3.63) is 52.2 Å². The van der Waals surface area contributed by atoms with Crippen LogP contribution in [0.5, 0.6) is 0 Å². The fourth-order valence-electron chi connectivity index (χ4n) is 2.58. The van der Waals surface area contributed by atoms with Gasteiger partial charge in [-0.1, -0.05) is 18.2 Å². The van der Waals surface area contributed by atoms with Gasteiger partial charge >= 0.3 is 0 Å². The van der Waals surface area contributed by atoms with Crippen molar-refractivity contribution in [1.29, 1.82) is 0 Å². The first-order chi connectivity index (χ1) is 11.2. The van der Waals surface area contributed by atoms with Crippen LogP contribution >= 0.6 is 11.3 Å². The molecule has 0 aliphatic heterocycles. The van der Waals surface area contributed by atoms with Crippen LogP contribution in [0.15, 0.2) is 42.5 Å². The summed E-state index contributed by atoms with van der Waals surface area (Å²) in [5, 5.41) is 0. The number of hydrogen-bond donors (Lipinski definition) is 0. The average molecular weight is 367 g/mol. The molecule has 2 aromatic rings. The lowest BCUT2D eigenvalue weighted by atomic mass is 10.2. The molecule has 2 rings (SSSR count). The Hall–Kier alpha value is -1.86. The number of para-hydroxylation sites is 1. The van der Waals surface area contributed by atoms with Gasteiger partial charge in [0.05, 0.1) is 18.5 Å². The first-order valence-electron chi connectivity index (χ1n) is 7.55. The Labute approximate surface area is 147 Å². The third kappa shape index (κ3) is 4.36. The van der Waals surface area contributed by atoms with E-state index >= 15 is 0 Å². The summed E-state index contributed by atoms with van der Waals surface area (Å²) in [5.74, 6) is -0.240. The Balaban J connectivity index is 2.22. The molecule has 1 aromatic heterocycles. The Kier molecular flexibility index (Phi) is 5.66. The minimum Gasteiger partial charge on any atom is -0.339 e. The van der Waals surface area contributed by atoms with Crippen LogP contribution in [0, 0.1) is 6.92 Å². The Bertz CT molecular complexity index is 800. The van der Waals surface area contributed by atoms with E-state index in [1.54, 1.807) is 54.5 Å². The fourth-order valence-corrected chi connectivity index (χ4v) is 4.69. The first kappa shape index (κ1) is 18.5. The molecule has 7 heteroatoms. The molecule has 1 atom stereocenters. The molecule has 0 aliphatic carbocycles. The summed E-state index contributed by atoms with van der Waals surface area (Å²) in [4.78, 5) is 16.6. The molecule has 0 spiro atoms. The zero-order valence-corrected chi connectivity index (χ0v) is 15.9. The fraction of sp³-hybridized carbons (Fsp3) is 0.353. The number of amides is 1. The molecule has 130 valence electrons. The number of thiophene rings is 1. The highest BCUT2D eigenvalue weighted by Gasteiger charge is 2.30. The lowest BCUT2D eigenvalue weighted by Crippen LogP contribution is -2.48. The topological polar surface area (TPSA) is 57.7 Å². The Morgan fingerprint density at radius 3 is 2.29 bits per heavy atom. The molecule has 0 N–H and O–H groups in total. The van der Waals surface area contributed by atoms with Crippen LogP contribution in [0.25, 0.3) is 0 Å². The number of likely N-dealkylation sites (N-methyl/N-ethyl adjacent to an activating group) is 1. The van der Waals surface area contributed by atoms with Crippen molar-refractivity contribution in [3.63, 3.8) is 0 Å². The Morgan fingerprint density at radius 1 is 1.17 bits per heavy atom. The van der Waals surface area contributed by atoms with E-state index < -0.39 is 16.1 Å². The number of rotatable bonds is 6. The van der Waals surface area contributed by atoms with Crippen LogP contribution in [-0.4, -0.2) is 38.6 Å². The normalized spacial score (nSPS) is 12.7. The largest absolute Gasteiger partial charge is 0.339 e. The summed E-state index contributed by atoms with van der Waals surface area (Å²) >= 11 is 1.63. The number of nitrogens with zero attached hydrogens (tertiary/aromatic N) is 2. The van der Waals surface area contributed by atoms with E-state index in [1.807, 2.05) is 25.1 Å². The molecule has 0 radical (unpaired) electrons. The summed E-state index contributed by atoms with van der Waals surface area (Å²) in [6, 6.07) is 11.9. The maximum atomic E-state index is 12.7. The summed E-state index contributed by atoms with van der Waals surface area (Å²) < 4.78 is 25.6. The van der Waals surface area contributed by atoms with Gasteiger partial charge in [-0.15, -0.1) is 11.3 Å². The minimum absolute atomic E-state index is 0.240. The van der Waals surface area contributed by atoms with Crippen molar-refractivity contribution >= 4 is 33.0 Å². The predicted molar refractivity (Wildman–Crippen MR) is 98.8 cm³/mol. The van der Waals surface area contributed by atoms with E-state index in [1.165, 1.54) is 9.18 Å². The van der Waals surface area contributed by atoms with Crippen LogP contribution in [0.2, 0.25) is 0 Å². The summed E-state index contributed by atoms with van der Waals surface area (Å²) in [7, 11) is -1.88. The van der Waals surface area contributed by atoms with E-state index in [-0.39, 0.29) is 5.91 Å². The van der Waals surface area contributed by atoms with Gasteiger partial charge in [-0.05, 0) is 38.1 Å². The third-order valence-electron chi connectivity index (χ3n) is 3.64. The second-order valence-corrected chi connectivity index (χ2v) is 9.01. The van der Waals surface area contributed by atoms with E-state index in [9.17, 15) is 13.2 Å². The van der Waals surface area contributed by atoms with Crippen molar-refractivity contribution < 1.29 is 13.2 Å². The number of benzene rings is 1. The van der Waals surface area contributed by atoms with Crippen molar-refractivity contribution in [2.75, 3.05) is 17.6 Å². The standard InChI is InChI=1S/C17H22N2O3S2/c1-13-10-11-16(23-13)12-18(3)17(20)14(2)19(24(4,21)22)15-8-6-5-7-9-15/h5-11,14H,12H2,1-4H3/t14-/m0/s1. The number of anilines is 1. The second-order valence-electron chi connectivity index (χ2n) is 5.78. The molecule has 0 fully saturated rings. The quantitative estimate of drug-likeness (QED) is 0.790. The highest BCUT2D eigenvalue weighted by atomic mass is 32.2. The molecule has 1 heterocycles. The van der Waals surface area contributed by atoms with Gasteiger partial charge in [-0.2, -0.15) is 0 Å². The van der Waals surface area contributed by atoms with E-state index in [4.69, 9.17) is 0 Å². The SMILES string of the molecule is Cc1ccc(CN(C)C(=O)[C@H](C)N(c2ccccc2)S(C)(=O)=O)s1. The molecule has 0 saturated carbocycles.